The molecule has 3 atom stereocenters. The van der Waals surface area contributed by atoms with Gasteiger partial charge in [-0.1, -0.05) is 12.1 Å². The van der Waals surface area contributed by atoms with E-state index in [2.05, 4.69) is 10.6 Å². The van der Waals surface area contributed by atoms with Crippen LogP contribution in [-0.2, 0) is 20.9 Å². The van der Waals surface area contributed by atoms with E-state index in [1.807, 2.05) is 0 Å². The Morgan fingerprint density at radius 2 is 2.00 bits per heavy atom. The average Bonchev–Trinajstić information content (AvgIpc) is 3.13. The Balaban J connectivity index is 1.47. The lowest BCUT2D eigenvalue weighted by molar-refractivity contribution is -1.15. The Morgan fingerprint density at radius 3 is 2.77 bits per heavy atom. The molecule has 2 fully saturated rings. The van der Waals surface area contributed by atoms with E-state index in [1.165, 1.54) is 18.2 Å². The topological polar surface area (TPSA) is 95.5 Å². The van der Waals surface area contributed by atoms with Gasteiger partial charge in [-0.25, -0.2) is 13.7 Å². The van der Waals surface area contributed by atoms with Crippen molar-refractivity contribution in [2.24, 2.45) is 0 Å². The quantitative estimate of drug-likeness (QED) is 0.379. The minimum absolute atomic E-state index is 0.111. The van der Waals surface area contributed by atoms with Crippen LogP contribution in [0.3, 0.4) is 0 Å². The van der Waals surface area contributed by atoms with E-state index in [0.717, 1.165) is 0 Å². The van der Waals surface area contributed by atoms with E-state index in [0.29, 0.717) is 38.0 Å². The third-order valence-electron chi connectivity index (χ3n) is 6.92. The molecule has 0 aliphatic carbocycles. The Morgan fingerprint density at radius 1 is 1.23 bits per heavy atom. The Kier molecular flexibility index (Phi) is 4.10. The van der Waals surface area contributed by atoms with Crippen LogP contribution in [0.2, 0.25) is 0 Å². The summed E-state index contributed by atoms with van der Waals surface area (Å²) < 4.78 is 12.1. The molecule has 1 aromatic rings. The summed E-state index contributed by atoms with van der Waals surface area (Å²) in [5.41, 5.74) is -0.595. The predicted molar refractivity (Wildman–Crippen MR) is 101 cm³/mol. The molecular weight excluding hydrogens is 391 g/mol. The van der Waals surface area contributed by atoms with Gasteiger partial charge in [0, 0.05) is 32.0 Å². The number of hydrogen-bond acceptors (Lipinski definition) is 5. The highest BCUT2D eigenvalue weighted by molar-refractivity contribution is 6.18. The van der Waals surface area contributed by atoms with Gasteiger partial charge in [-0.2, -0.15) is 5.21 Å². The lowest BCUT2D eigenvalue weighted by Crippen LogP contribution is -2.84. The summed E-state index contributed by atoms with van der Waals surface area (Å²) in [6, 6.07) is 5.66. The summed E-state index contributed by atoms with van der Waals surface area (Å²) in [6.45, 7) is 2.24. The van der Waals surface area contributed by atoms with Crippen molar-refractivity contribution < 1.29 is 33.1 Å². The van der Waals surface area contributed by atoms with E-state index in [1.54, 1.807) is 18.3 Å². The number of fused-ring (bicyclic) bond motifs is 1. The smallest absolute Gasteiger partial charge is 0.348 e. The SMILES string of the molecule is O=C(NCc1ccc(F)cc1)C1=CC2=C[N+]34CCCC(=O)C3(CNCC4)[N+]2(O)C1=O. The second-order valence-electron chi connectivity index (χ2n) is 8.36. The Labute approximate surface area is 172 Å². The van der Waals surface area contributed by atoms with E-state index >= 15 is 0 Å². The van der Waals surface area contributed by atoms with Crippen molar-refractivity contribution in [1.29, 1.82) is 0 Å². The first kappa shape index (κ1) is 19.3. The van der Waals surface area contributed by atoms with Gasteiger partial charge in [-0.15, -0.1) is 0 Å². The highest BCUT2D eigenvalue weighted by Crippen LogP contribution is 2.53. The zero-order chi connectivity index (χ0) is 21.1. The molecule has 4 aliphatic rings. The van der Waals surface area contributed by atoms with Crippen molar-refractivity contribution in [2.75, 3.05) is 26.2 Å². The molecule has 9 heteroatoms. The molecule has 2 amide bonds. The van der Waals surface area contributed by atoms with Gasteiger partial charge in [0.05, 0.1) is 6.54 Å². The molecule has 3 N–H and O–H groups in total. The number of allylic oxidation sites excluding steroid dienone is 1. The lowest BCUT2D eigenvalue weighted by Gasteiger charge is -2.52. The first-order valence-electron chi connectivity index (χ1n) is 10.1. The van der Waals surface area contributed by atoms with Gasteiger partial charge in [0.2, 0.25) is 5.70 Å². The van der Waals surface area contributed by atoms with Crippen LogP contribution in [-0.4, -0.2) is 63.8 Å². The number of halogens is 1. The monoisotopic (exact) mass is 414 g/mol. The first-order chi connectivity index (χ1) is 14.3. The minimum atomic E-state index is -1.38. The molecule has 1 aromatic carbocycles. The largest absolute Gasteiger partial charge is 0.394 e. The van der Waals surface area contributed by atoms with Gasteiger partial charge in [0.1, 0.15) is 18.9 Å². The maximum atomic E-state index is 13.4. The highest BCUT2D eigenvalue weighted by Gasteiger charge is 2.82. The number of quaternary nitrogens is 2. The van der Waals surface area contributed by atoms with Crippen molar-refractivity contribution >= 4 is 17.6 Å². The van der Waals surface area contributed by atoms with E-state index < -0.39 is 22.1 Å². The van der Waals surface area contributed by atoms with Gasteiger partial charge in [-0.3, -0.25) is 14.9 Å². The summed E-state index contributed by atoms with van der Waals surface area (Å²) >= 11 is 0. The van der Waals surface area contributed by atoms with Crippen LogP contribution in [0.1, 0.15) is 18.4 Å². The summed E-state index contributed by atoms with van der Waals surface area (Å²) in [5, 5.41) is 17.5. The molecule has 4 aliphatic heterocycles. The van der Waals surface area contributed by atoms with Crippen molar-refractivity contribution in [1.82, 2.24) is 10.6 Å². The summed E-state index contributed by atoms with van der Waals surface area (Å²) in [5.74, 6) is -1.95. The number of piperidine rings is 1. The number of carbonyl (C=O) groups is 3. The Bertz CT molecular complexity index is 1030. The number of ketones is 1. The van der Waals surface area contributed by atoms with E-state index in [9.17, 15) is 24.0 Å². The molecule has 4 heterocycles. The minimum Gasteiger partial charge on any atom is -0.348 e. The number of Topliss-reactive ketones (excluding diaryl/α,β-unsaturated/α-hetero) is 1. The maximum absolute atomic E-state index is 13.4. The first-order valence-corrected chi connectivity index (χ1v) is 10.1. The third kappa shape index (κ3) is 2.26. The van der Waals surface area contributed by atoms with E-state index in [4.69, 9.17) is 0 Å². The fourth-order valence-electron chi connectivity index (χ4n) is 5.46. The molecule has 0 bridgehead atoms. The number of nitrogens with zero attached hydrogens (tertiary/aromatic N) is 2. The molecule has 3 unspecified atom stereocenters. The standard InChI is InChI=1S/C21H22FN4O4/c22-15-5-3-14(4-6-15)11-24-19(28)17-10-16-12-25-8-1-2-18(27)21(25,13-23-7-9-25)26(16,30)20(17)29/h3-6,10,12,23,30H,1-2,7-9,11,13H2/q+1/p+1. The van der Waals surface area contributed by atoms with Gasteiger partial charge in [0.25, 0.3) is 11.7 Å². The summed E-state index contributed by atoms with van der Waals surface area (Å²) in [4.78, 5) is 39.3. The van der Waals surface area contributed by atoms with Crippen LogP contribution in [0.5, 0.6) is 0 Å². The van der Waals surface area contributed by atoms with Crippen LogP contribution < -0.4 is 10.6 Å². The van der Waals surface area contributed by atoms with Crippen molar-refractivity contribution in [2.45, 2.75) is 25.0 Å². The number of amides is 2. The zero-order valence-electron chi connectivity index (χ0n) is 16.4. The van der Waals surface area contributed by atoms with Crippen LogP contribution >= 0.6 is 0 Å². The second-order valence-corrected chi connectivity index (χ2v) is 8.36. The zero-order valence-corrected chi connectivity index (χ0v) is 16.4. The molecule has 0 saturated carbocycles. The lowest BCUT2D eigenvalue weighted by atomic mass is 9.87. The van der Waals surface area contributed by atoms with Crippen LogP contribution in [0.15, 0.2) is 47.8 Å². The van der Waals surface area contributed by atoms with Gasteiger partial charge < -0.3 is 5.32 Å². The van der Waals surface area contributed by atoms with Crippen molar-refractivity contribution in [3.8, 4) is 0 Å². The molecule has 8 nitrogen and oxygen atoms in total. The second kappa shape index (κ2) is 6.39. The summed E-state index contributed by atoms with van der Waals surface area (Å²) in [7, 11) is 0. The fraction of sp³-hybridized carbons (Fsp3) is 0.381. The molecular formula is C21H23FN4O4+2. The van der Waals surface area contributed by atoms with Crippen LogP contribution in [0, 0.1) is 5.82 Å². The molecule has 30 heavy (non-hydrogen) atoms. The highest BCUT2D eigenvalue weighted by atomic mass is 19.1. The van der Waals surface area contributed by atoms with Crippen LogP contribution in [0.25, 0.3) is 0 Å². The van der Waals surface area contributed by atoms with Gasteiger partial charge in [-0.05, 0) is 22.3 Å². The number of hydroxylamine groups is 3. The fourth-order valence-corrected chi connectivity index (χ4v) is 5.46. The third-order valence-corrected chi connectivity index (χ3v) is 6.92. The molecule has 0 spiro atoms. The summed E-state index contributed by atoms with van der Waals surface area (Å²) in [6.07, 6.45) is 4.20. The maximum Gasteiger partial charge on any atom is 0.394 e. The molecule has 0 radical (unpaired) electrons. The molecule has 156 valence electrons. The number of hydrogen-bond donors (Lipinski definition) is 3. The van der Waals surface area contributed by atoms with Gasteiger partial charge in [0.15, 0.2) is 11.8 Å². The normalized spacial score (nSPS) is 34.6. The number of rotatable bonds is 3. The molecule has 2 saturated heterocycles. The number of benzene rings is 1. The molecule has 0 aromatic heterocycles. The number of nitrogens with one attached hydrogen (secondary N) is 2. The van der Waals surface area contributed by atoms with E-state index in [-0.39, 0.29) is 40.4 Å². The Hall–Kier alpha value is -2.72. The van der Waals surface area contributed by atoms with Gasteiger partial charge >= 0.3 is 11.6 Å². The van der Waals surface area contributed by atoms with Crippen LogP contribution in [0.4, 0.5) is 4.39 Å². The predicted octanol–water partition coefficient (Wildman–Crippen LogP) is 0.449. The average molecular weight is 414 g/mol. The molecule has 5 rings (SSSR count). The van der Waals surface area contributed by atoms with Crippen molar-refractivity contribution in [3.05, 3.63) is 59.2 Å². The van der Waals surface area contributed by atoms with Crippen molar-refractivity contribution in [3.63, 3.8) is 0 Å². The number of piperazine rings is 1. The number of carbonyl (C=O) groups excluding carboxylic acids is 3.